The van der Waals surface area contributed by atoms with E-state index in [4.69, 9.17) is 10.00 Å². The molecule has 2 saturated carbocycles. The molecule has 4 atom stereocenters. The molecule has 2 bridgehead atoms. The Bertz CT molecular complexity index is 369. The number of carbonyl (C=O) groups excluding carboxylic acids is 1. The average molecular weight is 249 g/mol. The standard InChI is InChI=1S/C15H23NO2/c1-10(15(2,3)9-16)18-14(17)8-13-7-11-4-5-12(13)6-11/h10-13H,4-8H2,1-3H3/t10-,11+,12+,13-/m1/s1. The van der Waals surface area contributed by atoms with Crippen LogP contribution in [0.2, 0.25) is 0 Å². The highest BCUT2D eigenvalue weighted by Gasteiger charge is 2.41. The Morgan fingerprint density at radius 2 is 2.17 bits per heavy atom. The summed E-state index contributed by atoms with van der Waals surface area (Å²) in [5.74, 6) is 2.03. The number of ether oxygens (including phenoxy) is 1. The molecule has 0 unspecified atom stereocenters. The lowest BCUT2D eigenvalue weighted by molar-refractivity contribution is -0.153. The largest absolute Gasteiger partial charge is 0.461 e. The van der Waals surface area contributed by atoms with E-state index in [9.17, 15) is 4.79 Å². The van der Waals surface area contributed by atoms with E-state index in [2.05, 4.69) is 6.07 Å². The summed E-state index contributed by atoms with van der Waals surface area (Å²) < 4.78 is 5.41. The lowest BCUT2D eigenvalue weighted by Gasteiger charge is -2.26. The molecule has 0 N–H and O–H groups in total. The lowest BCUT2D eigenvalue weighted by atomic mass is 9.86. The fourth-order valence-corrected chi connectivity index (χ4v) is 3.32. The molecule has 2 fully saturated rings. The highest BCUT2D eigenvalue weighted by molar-refractivity contribution is 5.70. The van der Waals surface area contributed by atoms with Gasteiger partial charge in [0.05, 0.1) is 11.5 Å². The van der Waals surface area contributed by atoms with Gasteiger partial charge in [0.1, 0.15) is 6.10 Å². The fourth-order valence-electron chi connectivity index (χ4n) is 3.32. The number of carbonyl (C=O) groups is 1. The predicted molar refractivity (Wildman–Crippen MR) is 68.5 cm³/mol. The third kappa shape index (κ3) is 2.68. The van der Waals surface area contributed by atoms with E-state index in [1.165, 1.54) is 25.7 Å². The van der Waals surface area contributed by atoms with Crippen molar-refractivity contribution in [1.29, 1.82) is 5.26 Å². The van der Waals surface area contributed by atoms with Gasteiger partial charge in [0.15, 0.2) is 0 Å². The molecule has 0 aliphatic heterocycles. The predicted octanol–water partition coefficient (Wildman–Crippen LogP) is 3.29. The van der Waals surface area contributed by atoms with Crippen LogP contribution in [0.5, 0.6) is 0 Å². The van der Waals surface area contributed by atoms with Gasteiger partial charge in [0.25, 0.3) is 0 Å². The van der Waals surface area contributed by atoms with Gasteiger partial charge in [-0.15, -0.1) is 0 Å². The molecule has 2 aliphatic rings. The van der Waals surface area contributed by atoms with Crippen LogP contribution in [-0.4, -0.2) is 12.1 Å². The van der Waals surface area contributed by atoms with Gasteiger partial charge in [0, 0.05) is 6.42 Å². The van der Waals surface area contributed by atoms with E-state index >= 15 is 0 Å². The molecule has 18 heavy (non-hydrogen) atoms. The summed E-state index contributed by atoms with van der Waals surface area (Å²) in [6.45, 7) is 5.42. The van der Waals surface area contributed by atoms with Crippen molar-refractivity contribution in [2.24, 2.45) is 23.2 Å². The maximum atomic E-state index is 11.9. The summed E-state index contributed by atoms with van der Waals surface area (Å²) >= 11 is 0. The number of fused-ring (bicyclic) bond motifs is 2. The van der Waals surface area contributed by atoms with E-state index in [-0.39, 0.29) is 12.1 Å². The summed E-state index contributed by atoms with van der Waals surface area (Å²) in [6, 6.07) is 2.19. The van der Waals surface area contributed by atoms with Gasteiger partial charge in [0.2, 0.25) is 0 Å². The second kappa shape index (κ2) is 4.91. The van der Waals surface area contributed by atoms with Crippen LogP contribution < -0.4 is 0 Å². The van der Waals surface area contributed by atoms with Gasteiger partial charge in [-0.2, -0.15) is 5.26 Å². The molecule has 0 radical (unpaired) electrons. The Morgan fingerprint density at radius 3 is 2.67 bits per heavy atom. The Balaban J connectivity index is 1.81. The Morgan fingerprint density at radius 1 is 1.44 bits per heavy atom. The highest BCUT2D eigenvalue weighted by Crippen LogP contribution is 2.49. The van der Waals surface area contributed by atoms with Crippen molar-refractivity contribution >= 4 is 5.97 Å². The second-order valence-corrected chi connectivity index (χ2v) is 6.60. The molecule has 0 spiro atoms. The van der Waals surface area contributed by atoms with Crippen LogP contribution in [0.3, 0.4) is 0 Å². The van der Waals surface area contributed by atoms with E-state index < -0.39 is 5.41 Å². The normalized spacial score (nSPS) is 32.0. The van der Waals surface area contributed by atoms with Crippen molar-refractivity contribution in [1.82, 2.24) is 0 Å². The third-order valence-electron chi connectivity index (χ3n) is 4.93. The lowest BCUT2D eigenvalue weighted by Crippen LogP contribution is -2.31. The summed E-state index contributed by atoms with van der Waals surface area (Å²) in [5, 5.41) is 9.01. The molecule has 0 aromatic heterocycles. The fraction of sp³-hybridized carbons (Fsp3) is 0.867. The van der Waals surface area contributed by atoms with Crippen LogP contribution in [0.4, 0.5) is 0 Å². The molecule has 0 aromatic rings. The van der Waals surface area contributed by atoms with Crippen LogP contribution in [-0.2, 0) is 9.53 Å². The van der Waals surface area contributed by atoms with Gasteiger partial charge < -0.3 is 4.74 Å². The summed E-state index contributed by atoms with van der Waals surface area (Å²) in [4.78, 5) is 11.9. The van der Waals surface area contributed by atoms with Crippen LogP contribution in [0.1, 0.15) is 52.9 Å². The average Bonchev–Trinajstić information content (AvgIpc) is 2.90. The molecule has 0 aromatic carbocycles. The number of hydrogen-bond donors (Lipinski definition) is 0. The van der Waals surface area contributed by atoms with Gasteiger partial charge in [-0.1, -0.05) is 6.42 Å². The van der Waals surface area contributed by atoms with Crippen LogP contribution >= 0.6 is 0 Å². The van der Waals surface area contributed by atoms with Crippen LogP contribution in [0.25, 0.3) is 0 Å². The first-order chi connectivity index (χ1) is 8.42. The molecular weight excluding hydrogens is 226 g/mol. The molecule has 0 heterocycles. The number of nitriles is 1. The molecule has 2 rings (SSSR count). The van der Waals surface area contributed by atoms with E-state index in [0.717, 1.165) is 11.8 Å². The number of rotatable bonds is 4. The number of hydrogen-bond acceptors (Lipinski definition) is 3. The monoisotopic (exact) mass is 249 g/mol. The molecule has 3 heteroatoms. The topological polar surface area (TPSA) is 50.1 Å². The zero-order valence-corrected chi connectivity index (χ0v) is 11.6. The second-order valence-electron chi connectivity index (χ2n) is 6.60. The minimum absolute atomic E-state index is 0.122. The molecule has 0 saturated heterocycles. The van der Waals surface area contributed by atoms with Crippen LogP contribution in [0.15, 0.2) is 0 Å². The number of nitrogens with zero attached hydrogens (tertiary/aromatic N) is 1. The Hall–Kier alpha value is -1.04. The smallest absolute Gasteiger partial charge is 0.306 e. The first-order valence-corrected chi connectivity index (χ1v) is 7.03. The van der Waals surface area contributed by atoms with Gasteiger partial charge in [-0.25, -0.2) is 0 Å². The zero-order valence-electron chi connectivity index (χ0n) is 11.6. The van der Waals surface area contributed by atoms with Crippen molar-refractivity contribution in [3.63, 3.8) is 0 Å². The van der Waals surface area contributed by atoms with Crippen LogP contribution in [0, 0.1) is 34.5 Å². The molecule has 0 amide bonds. The quantitative estimate of drug-likeness (QED) is 0.718. The zero-order chi connectivity index (χ0) is 13.3. The van der Waals surface area contributed by atoms with Gasteiger partial charge >= 0.3 is 5.97 Å². The van der Waals surface area contributed by atoms with Crippen molar-refractivity contribution in [3.8, 4) is 6.07 Å². The molecular formula is C15H23NO2. The SMILES string of the molecule is C[C@@H](OC(=O)C[C@H]1C[C@H]2CC[C@H]1C2)C(C)(C)C#N. The van der Waals surface area contributed by atoms with Crippen molar-refractivity contribution in [2.75, 3.05) is 0 Å². The molecule has 100 valence electrons. The Labute approximate surface area is 110 Å². The number of esters is 1. The van der Waals surface area contributed by atoms with E-state index in [1.807, 2.05) is 20.8 Å². The summed E-state index contributed by atoms with van der Waals surface area (Å²) in [7, 11) is 0. The highest BCUT2D eigenvalue weighted by atomic mass is 16.5. The Kier molecular flexibility index (Phi) is 3.66. The van der Waals surface area contributed by atoms with Crippen molar-refractivity contribution < 1.29 is 9.53 Å². The maximum Gasteiger partial charge on any atom is 0.306 e. The minimum Gasteiger partial charge on any atom is -0.461 e. The van der Waals surface area contributed by atoms with E-state index in [0.29, 0.717) is 12.3 Å². The first kappa shape index (κ1) is 13.4. The maximum absolute atomic E-state index is 11.9. The third-order valence-corrected chi connectivity index (χ3v) is 4.93. The molecule has 2 aliphatic carbocycles. The van der Waals surface area contributed by atoms with Gasteiger partial charge in [-0.05, 0) is 57.8 Å². The molecule has 3 nitrogen and oxygen atoms in total. The first-order valence-electron chi connectivity index (χ1n) is 7.03. The van der Waals surface area contributed by atoms with Crippen molar-refractivity contribution in [3.05, 3.63) is 0 Å². The van der Waals surface area contributed by atoms with Gasteiger partial charge in [-0.3, -0.25) is 4.79 Å². The summed E-state index contributed by atoms with van der Waals surface area (Å²) in [6.07, 6.45) is 5.38. The van der Waals surface area contributed by atoms with E-state index in [1.54, 1.807) is 0 Å². The summed E-state index contributed by atoms with van der Waals surface area (Å²) in [5.41, 5.74) is -0.607. The van der Waals surface area contributed by atoms with Crippen molar-refractivity contribution in [2.45, 2.75) is 59.0 Å². The minimum atomic E-state index is -0.607.